The molecule has 3 heteroatoms. The number of rotatable bonds is 2. The summed E-state index contributed by atoms with van der Waals surface area (Å²) in [6.45, 7) is 0. The first kappa shape index (κ1) is 10.9. The lowest BCUT2D eigenvalue weighted by molar-refractivity contribution is 0.474. The van der Waals surface area contributed by atoms with Gasteiger partial charge in [-0.25, -0.2) is 0 Å². The number of aromatic hydroxyl groups is 1. The van der Waals surface area contributed by atoms with Crippen molar-refractivity contribution in [3.63, 3.8) is 0 Å². The largest absolute Gasteiger partial charge is 0.507 e. The van der Waals surface area contributed by atoms with Gasteiger partial charge in [-0.05, 0) is 40.2 Å². The van der Waals surface area contributed by atoms with Gasteiger partial charge in [0.1, 0.15) is 5.75 Å². The molecule has 0 aliphatic carbocycles. The predicted molar refractivity (Wildman–Crippen MR) is 69.5 cm³/mol. The molecule has 0 heterocycles. The first-order chi connectivity index (χ1) is 7.77. The Morgan fingerprint density at radius 3 is 2.44 bits per heavy atom. The van der Waals surface area contributed by atoms with Crippen LogP contribution in [0.15, 0.2) is 58.0 Å². The van der Waals surface area contributed by atoms with Crippen molar-refractivity contribution in [3.8, 4) is 5.75 Å². The van der Waals surface area contributed by atoms with Crippen LogP contribution in [-0.2, 0) is 0 Å². The second-order valence-electron chi connectivity index (χ2n) is 3.27. The molecule has 2 nitrogen and oxygen atoms in total. The third kappa shape index (κ3) is 2.49. The highest BCUT2D eigenvalue weighted by molar-refractivity contribution is 9.10. The van der Waals surface area contributed by atoms with E-state index in [0.717, 1.165) is 10.2 Å². The second kappa shape index (κ2) is 4.94. The summed E-state index contributed by atoms with van der Waals surface area (Å²) in [5, 5.41) is 9.55. The molecule has 0 bridgehead atoms. The fourth-order valence-electron chi connectivity index (χ4n) is 1.29. The van der Waals surface area contributed by atoms with E-state index in [2.05, 4.69) is 20.9 Å². The topological polar surface area (TPSA) is 32.6 Å². The monoisotopic (exact) mass is 275 g/mol. The van der Waals surface area contributed by atoms with Crippen LogP contribution in [0.2, 0.25) is 0 Å². The van der Waals surface area contributed by atoms with Crippen LogP contribution >= 0.6 is 15.9 Å². The molecule has 0 atom stereocenters. The van der Waals surface area contributed by atoms with Crippen LogP contribution in [0.5, 0.6) is 5.75 Å². The molecule has 0 amide bonds. The maximum Gasteiger partial charge on any atom is 0.124 e. The van der Waals surface area contributed by atoms with Crippen LogP contribution in [0.3, 0.4) is 0 Å². The standard InChI is InChI=1S/C13H10BrNO/c14-11-6-2-3-7-12(11)15-9-10-5-1-4-8-13(10)16/h1-9,16H. The molecule has 0 aliphatic rings. The molecule has 2 aromatic carbocycles. The smallest absolute Gasteiger partial charge is 0.124 e. The van der Waals surface area contributed by atoms with Crippen molar-refractivity contribution in [1.29, 1.82) is 0 Å². The molecular formula is C13H10BrNO. The fourth-order valence-corrected chi connectivity index (χ4v) is 1.68. The third-order valence-corrected chi connectivity index (χ3v) is 2.80. The van der Waals surface area contributed by atoms with Crippen LogP contribution in [0.25, 0.3) is 0 Å². The van der Waals surface area contributed by atoms with Gasteiger partial charge in [0, 0.05) is 16.3 Å². The first-order valence-electron chi connectivity index (χ1n) is 4.84. The number of benzene rings is 2. The Morgan fingerprint density at radius 2 is 1.69 bits per heavy atom. The van der Waals surface area contributed by atoms with Crippen molar-refractivity contribution < 1.29 is 5.11 Å². The van der Waals surface area contributed by atoms with E-state index in [1.165, 1.54) is 0 Å². The quantitative estimate of drug-likeness (QED) is 0.829. The summed E-state index contributed by atoms with van der Waals surface area (Å²) in [6.07, 6.45) is 1.65. The van der Waals surface area contributed by atoms with Crippen molar-refractivity contribution in [3.05, 3.63) is 58.6 Å². The predicted octanol–water partition coefficient (Wildman–Crippen LogP) is 3.91. The molecule has 2 rings (SSSR count). The number of hydrogen-bond donors (Lipinski definition) is 1. The van der Waals surface area contributed by atoms with Gasteiger partial charge >= 0.3 is 0 Å². The first-order valence-corrected chi connectivity index (χ1v) is 5.63. The minimum absolute atomic E-state index is 0.235. The Labute approximate surface area is 102 Å². The zero-order valence-corrected chi connectivity index (χ0v) is 10.1. The molecule has 0 fully saturated rings. The molecule has 0 aromatic heterocycles. The molecule has 80 valence electrons. The molecular weight excluding hydrogens is 266 g/mol. The molecule has 0 saturated heterocycles. The molecule has 0 saturated carbocycles. The molecule has 16 heavy (non-hydrogen) atoms. The summed E-state index contributed by atoms with van der Waals surface area (Å²) < 4.78 is 0.932. The maximum atomic E-state index is 9.55. The Bertz CT molecular complexity index is 475. The van der Waals surface area contributed by atoms with Crippen LogP contribution in [0, 0.1) is 0 Å². The summed E-state index contributed by atoms with van der Waals surface area (Å²) in [4.78, 5) is 4.30. The number of halogens is 1. The second-order valence-corrected chi connectivity index (χ2v) is 4.12. The normalized spacial score (nSPS) is 10.8. The van der Waals surface area contributed by atoms with Crippen LogP contribution in [-0.4, -0.2) is 11.3 Å². The zero-order chi connectivity index (χ0) is 11.4. The lowest BCUT2D eigenvalue weighted by Crippen LogP contribution is -1.80. The molecule has 2 aromatic rings. The SMILES string of the molecule is Oc1ccccc1C=Nc1ccccc1Br. The Balaban J connectivity index is 2.29. The molecule has 1 N–H and O–H groups in total. The van der Waals surface area contributed by atoms with E-state index in [9.17, 15) is 5.11 Å². The Morgan fingerprint density at radius 1 is 1.00 bits per heavy atom. The summed E-state index contributed by atoms with van der Waals surface area (Å²) >= 11 is 3.41. The minimum Gasteiger partial charge on any atom is -0.507 e. The molecule has 0 spiro atoms. The van der Waals surface area contributed by atoms with Crippen LogP contribution < -0.4 is 0 Å². The lowest BCUT2D eigenvalue weighted by Gasteiger charge is -1.98. The van der Waals surface area contributed by atoms with Gasteiger partial charge in [0.05, 0.1) is 5.69 Å². The van der Waals surface area contributed by atoms with Gasteiger partial charge in [-0.2, -0.15) is 0 Å². The van der Waals surface area contributed by atoms with E-state index in [0.29, 0.717) is 5.56 Å². The third-order valence-electron chi connectivity index (χ3n) is 2.13. The van der Waals surface area contributed by atoms with Crippen LogP contribution in [0.4, 0.5) is 5.69 Å². The number of phenols is 1. The van der Waals surface area contributed by atoms with Crippen molar-refractivity contribution in [2.24, 2.45) is 4.99 Å². The van der Waals surface area contributed by atoms with E-state index < -0.39 is 0 Å². The van der Waals surface area contributed by atoms with Gasteiger partial charge in [-0.1, -0.05) is 24.3 Å². The Kier molecular flexibility index (Phi) is 3.37. The number of para-hydroxylation sites is 2. The van der Waals surface area contributed by atoms with Gasteiger partial charge in [0.15, 0.2) is 0 Å². The van der Waals surface area contributed by atoms with E-state index in [1.807, 2.05) is 36.4 Å². The minimum atomic E-state index is 0.235. The average molecular weight is 276 g/mol. The molecule has 0 aliphatic heterocycles. The lowest BCUT2D eigenvalue weighted by atomic mass is 10.2. The van der Waals surface area contributed by atoms with Gasteiger partial charge in [-0.3, -0.25) is 4.99 Å². The van der Waals surface area contributed by atoms with Gasteiger partial charge < -0.3 is 5.11 Å². The maximum absolute atomic E-state index is 9.55. The van der Waals surface area contributed by atoms with E-state index >= 15 is 0 Å². The summed E-state index contributed by atoms with van der Waals surface area (Å²) in [6, 6.07) is 14.8. The van der Waals surface area contributed by atoms with Gasteiger partial charge in [-0.15, -0.1) is 0 Å². The van der Waals surface area contributed by atoms with Crippen molar-refractivity contribution >= 4 is 27.8 Å². The zero-order valence-electron chi connectivity index (χ0n) is 8.47. The summed E-state index contributed by atoms with van der Waals surface area (Å²) in [5.41, 5.74) is 1.55. The van der Waals surface area contributed by atoms with Gasteiger partial charge in [0.2, 0.25) is 0 Å². The van der Waals surface area contributed by atoms with Crippen molar-refractivity contribution in [2.45, 2.75) is 0 Å². The summed E-state index contributed by atoms with van der Waals surface area (Å²) in [7, 11) is 0. The van der Waals surface area contributed by atoms with E-state index in [-0.39, 0.29) is 5.75 Å². The van der Waals surface area contributed by atoms with Crippen LogP contribution in [0.1, 0.15) is 5.56 Å². The highest BCUT2D eigenvalue weighted by atomic mass is 79.9. The summed E-state index contributed by atoms with van der Waals surface area (Å²) in [5.74, 6) is 0.235. The average Bonchev–Trinajstić information content (AvgIpc) is 2.30. The number of hydrogen-bond acceptors (Lipinski definition) is 2. The molecule has 0 unspecified atom stereocenters. The number of aliphatic imine (C=N–C) groups is 1. The van der Waals surface area contributed by atoms with Crippen molar-refractivity contribution in [2.75, 3.05) is 0 Å². The molecule has 0 radical (unpaired) electrons. The van der Waals surface area contributed by atoms with E-state index in [4.69, 9.17) is 0 Å². The highest BCUT2D eigenvalue weighted by Gasteiger charge is 1.97. The highest BCUT2D eigenvalue weighted by Crippen LogP contribution is 2.24. The van der Waals surface area contributed by atoms with E-state index in [1.54, 1.807) is 18.3 Å². The van der Waals surface area contributed by atoms with Crippen molar-refractivity contribution in [1.82, 2.24) is 0 Å². The Hall–Kier alpha value is -1.61. The van der Waals surface area contributed by atoms with Gasteiger partial charge in [0.25, 0.3) is 0 Å². The number of nitrogens with zero attached hydrogens (tertiary/aromatic N) is 1. The number of phenolic OH excluding ortho intramolecular Hbond substituents is 1. The fraction of sp³-hybridized carbons (Fsp3) is 0.